The summed E-state index contributed by atoms with van der Waals surface area (Å²) in [6.45, 7) is 3.19. The van der Waals surface area contributed by atoms with E-state index in [9.17, 15) is 0 Å². The minimum Gasteiger partial charge on any atom is -0.314 e. The Kier molecular flexibility index (Phi) is 4.39. The SMILES string of the molecule is c1ccc(C[C@H]2CNC[C@H]2n2cc(CC3CCCN3)nn2)cc1. The smallest absolute Gasteiger partial charge is 0.0842 e. The highest BCUT2D eigenvalue weighted by atomic mass is 15.4. The van der Waals surface area contributed by atoms with E-state index in [2.05, 4.69) is 62.2 Å². The van der Waals surface area contributed by atoms with E-state index in [0.29, 0.717) is 18.0 Å². The van der Waals surface area contributed by atoms with E-state index in [1.807, 2.05) is 0 Å². The monoisotopic (exact) mass is 311 g/mol. The molecule has 0 spiro atoms. The zero-order valence-corrected chi connectivity index (χ0v) is 13.5. The third kappa shape index (κ3) is 3.46. The summed E-state index contributed by atoms with van der Waals surface area (Å²) >= 11 is 0. The maximum Gasteiger partial charge on any atom is 0.0842 e. The van der Waals surface area contributed by atoms with Crippen LogP contribution in [0.1, 0.15) is 30.1 Å². The molecule has 2 aliphatic rings. The van der Waals surface area contributed by atoms with Crippen molar-refractivity contribution in [2.45, 2.75) is 37.8 Å². The van der Waals surface area contributed by atoms with Gasteiger partial charge >= 0.3 is 0 Å². The van der Waals surface area contributed by atoms with Crippen LogP contribution >= 0.6 is 0 Å². The first kappa shape index (κ1) is 14.8. The molecule has 0 radical (unpaired) electrons. The number of nitrogens with one attached hydrogen (secondary N) is 2. The highest BCUT2D eigenvalue weighted by molar-refractivity contribution is 5.16. The molecule has 2 fully saturated rings. The van der Waals surface area contributed by atoms with Gasteiger partial charge in [-0.25, -0.2) is 4.68 Å². The molecule has 122 valence electrons. The van der Waals surface area contributed by atoms with Crippen LogP contribution in [0.4, 0.5) is 0 Å². The zero-order valence-electron chi connectivity index (χ0n) is 13.5. The third-order valence-electron chi connectivity index (χ3n) is 5.16. The molecule has 5 heteroatoms. The molecule has 2 saturated heterocycles. The van der Waals surface area contributed by atoms with Gasteiger partial charge in [-0.1, -0.05) is 35.5 Å². The highest BCUT2D eigenvalue weighted by Gasteiger charge is 2.29. The lowest BCUT2D eigenvalue weighted by Gasteiger charge is -2.18. The lowest BCUT2D eigenvalue weighted by Crippen LogP contribution is -2.23. The van der Waals surface area contributed by atoms with Crippen molar-refractivity contribution in [1.82, 2.24) is 25.6 Å². The molecule has 5 nitrogen and oxygen atoms in total. The van der Waals surface area contributed by atoms with Crippen LogP contribution in [0.5, 0.6) is 0 Å². The van der Waals surface area contributed by atoms with Crippen molar-refractivity contribution >= 4 is 0 Å². The van der Waals surface area contributed by atoms with E-state index in [0.717, 1.165) is 38.2 Å². The van der Waals surface area contributed by atoms with Crippen molar-refractivity contribution in [3.8, 4) is 0 Å². The molecule has 0 amide bonds. The fraction of sp³-hybridized carbons (Fsp3) is 0.556. The molecule has 1 unspecified atom stereocenters. The van der Waals surface area contributed by atoms with E-state index >= 15 is 0 Å². The second-order valence-electron chi connectivity index (χ2n) is 6.86. The van der Waals surface area contributed by atoms with Gasteiger partial charge in [-0.15, -0.1) is 5.10 Å². The average molecular weight is 311 g/mol. The first-order valence-electron chi connectivity index (χ1n) is 8.77. The Hall–Kier alpha value is -1.72. The molecule has 3 atom stereocenters. The van der Waals surface area contributed by atoms with E-state index in [-0.39, 0.29) is 0 Å². The normalized spacial score (nSPS) is 27.6. The summed E-state index contributed by atoms with van der Waals surface area (Å²) in [6.07, 6.45) is 6.80. The molecule has 3 heterocycles. The summed E-state index contributed by atoms with van der Waals surface area (Å²) < 4.78 is 2.10. The van der Waals surface area contributed by atoms with Crippen LogP contribution in [-0.2, 0) is 12.8 Å². The Balaban J connectivity index is 1.43. The number of aromatic nitrogens is 3. The molecule has 4 rings (SSSR count). The summed E-state index contributed by atoms with van der Waals surface area (Å²) in [5, 5.41) is 15.9. The van der Waals surface area contributed by atoms with Crippen molar-refractivity contribution in [2.24, 2.45) is 5.92 Å². The minimum atomic E-state index is 0.410. The van der Waals surface area contributed by atoms with E-state index in [1.165, 1.54) is 18.4 Å². The van der Waals surface area contributed by atoms with Crippen LogP contribution in [0.25, 0.3) is 0 Å². The number of hydrogen-bond donors (Lipinski definition) is 2. The van der Waals surface area contributed by atoms with Gasteiger partial charge in [-0.3, -0.25) is 0 Å². The average Bonchev–Trinajstić information content (AvgIpc) is 3.30. The summed E-state index contributed by atoms with van der Waals surface area (Å²) in [5.74, 6) is 0.580. The number of rotatable bonds is 5. The Morgan fingerprint density at radius 3 is 2.87 bits per heavy atom. The molecular weight excluding hydrogens is 286 g/mol. The van der Waals surface area contributed by atoms with Gasteiger partial charge < -0.3 is 10.6 Å². The molecule has 2 aromatic rings. The van der Waals surface area contributed by atoms with Crippen molar-refractivity contribution < 1.29 is 0 Å². The van der Waals surface area contributed by atoms with Crippen LogP contribution < -0.4 is 10.6 Å². The van der Waals surface area contributed by atoms with Crippen molar-refractivity contribution in [3.05, 3.63) is 47.8 Å². The van der Waals surface area contributed by atoms with Crippen LogP contribution in [-0.4, -0.2) is 40.7 Å². The Bertz CT molecular complexity index is 617. The lowest BCUT2D eigenvalue weighted by atomic mass is 9.95. The number of nitrogens with zero attached hydrogens (tertiary/aromatic N) is 3. The topological polar surface area (TPSA) is 54.8 Å². The van der Waals surface area contributed by atoms with Crippen molar-refractivity contribution in [3.63, 3.8) is 0 Å². The minimum absolute atomic E-state index is 0.410. The van der Waals surface area contributed by atoms with E-state index in [4.69, 9.17) is 0 Å². The van der Waals surface area contributed by atoms with Gasteiger partial charge in [0.15, 0.2) is 0 Å². The molecule has 0 saturated carbocycles. The summed E-state index contributed by atoms with van der Waals surface area (Å²) in [6, 6.07) is 11.7. The molecule has 0 bridgehead atoms. The summed E-state index contributed by atoms with van der Waals surface area (Å²) in [4.78, 5) is 0. The molecule has 0 aliphatic carbocycles. The number of benzene rings is 1. The van der Waals surface area contributed by atoms with Crippen LogP contribution in [0, 0.1) is 5.92 Å². The molecular formula is C18H25N5. The van der Waals surface area contributed by atoms with Gasteiger partial charge in [-0.05, 0) is 37.3 Å². The van der Waals surface area contributed by atoms with Gasteiger partial charge in [0.05, 0.1) is 11.7 Å². The van der Waals surface area contributed by atoms with E-state index in [1.54, 1.807) is 0 Å². The van der Waals surface area contributed by atoms with Crippen LogP contribution in [0.2, 0.25) is 0 Å². The zero-order chi connectivity index (χ0) is 15.5. The lowest BCUT2D eigenvalue weighted by molar-refractivity contribution is 0.368. The van der Waals surface area contributed by atoms with Crippen LogP contribution in [0.15, 0.2) is 36.5 Å². The Labute approximate surface area is 137 Å². The van der Waals surface area contributed by atoms with Crippen molar-refractivity contribution in [1.29, 1.82) is 0 Å². The fourth-order valence-electron chi connectivity index (χ4n) is 3.91. The fourth-order valence-corrected chi connectivity index (χ4v) is 3.91. The largest absolute Gasteiger partial charge is 0.314 e. The Morgan fingerprint density at radius 2 is 2.04 bits per heavy atom. The highest BCUT2D eigenvalue weighted by Crippen LogP contribution is 2.25. The maximum absolute atomic E-state index is 4.43. The van der Waals surface area contributed by atoms with Crippen LogP contribution in [0.3, 0.4) is 0 Å². The standard InChI is InChI=1S/C18H25N5/c1-2-5-14(6-3-1)9-15-11-19-12-18(15)23-13-17(21-22-23)10-16-7-4-8-20-16/h1-3,5-6,13,15-16,18-20H,4,7-12H2/t15-,16?,18+/m0/s1. The molecule has 1 aromatic carbocycles. The third-order valence-corrected chi connectivity index (χ3v) is 5.16. The van der Waals surface area contributed by atoms with Crippen molar-refractivity contribution in [2.75, 3.05) is 19.6 Å². The molecule has 2 aliphatic heterocycles. The second kappa shape index (κ2) is 6.81. The summed E-state index contributed by atoms with van der Waals surface area (Å²) in [7, 11) is 0. The number of hydrogen-bond acceptors (Lipinski definition) is 4. The predicted octanol–water partition coefficient (Wildman–Crippen LogP) is 1.58. The van der Waals surface area contributed by atoms with Gasteiger partial charge in [0.1, 0.15) is 0 Å². The maximum atomic E-state index is 4.43. The first-order valence-corrected chi connectivity index (χ1v) is 8.77. The molecule has 1 aromatic heterocycles. The van der Waals surface area contributed by atoms with E-state index < -0.39 is 0 Å². The quantitative estimate of drug-likeness (QED) is 0.880. The summed E-state index contributed by atoms with van der Waals surface area (Å²) in [5.41, 5.74) is 2.52. The Morgan fingerprint density at radius 1 is 1.13 bits per heavy atom. The first-order chi connectivity index (χ1) is 11.4. The molecule has 2 N–H and O–H groups in total. The van der Waals surface area contributed by atoms with Gasteiger partial charge in [-0.2, -0.15) is 0 Å². The predicted molar refractivity (Wildman–Crippen MR) is 90.3 cm³/mol. The van der Waals surface area contributed by atoms with Gasteiger partial charge in [0.25, 0.3) is 0 Å². The second-order valence-corrected chi connectivity index (χ2v) is 6.86. The van der Waals surface area contributed by atoms with Gasteiger partial charge in [0, 0.05) is 31.7 Å². The van der Waals surface area contributed by atoms with Gasteiger partial charge in [0.2, 0.25) is 0 Å². The molecule has 23 heavy (non-hydrogen) atoms.